The van der Waals surface area contributed by atoms with Crippen molar-refractivity contribution >= 4 is 5.91 Å². The van der Waals surface area contributed by atoms with E-state index in [1.165, 1.54) is 0 Å². The predicted octanol–water partition coefficient (Wildman–Crippen LogP) is 1.04. The molecule has 2 N–H and O–H groups in total. The highest BCUT2D eigenvalue weighted by atomic mass is 16.5. The molecule has 0 bridgehead atoms. The third-order valence-corrected chi connectivity index (χ3v) is 2.76. The summed E-state index contributed by atoms with van der Waals surface area (Å²) in [5, 5.41) is 15.5. The van der Waals surface area contributed by atoms with Crippen molar-refractivity contribution in [1.29, 1.82) is 0 Å². The van der Waals surface area contributed by atoms with Gasteiger partial charge in [0.1, 0.15) is 11.3 Å². The fourth-order valence-corrected chi connectivity index (χ4v) is 1.39. The molecule has 0 aliphatic heterocycles. The quantitative estimate of drug-likeness (QED) is 0.804. The van der Waals surface area contributed by atoms with Crippen LogP contribution in [-0.4, -0.2) is 28.8 Å². The van der Waals surface area contributed by atoms with Crippen LogP contribution >= 0.6 is 0 Å². The van der Waals surface area contributed by atoms with Gasteiger partial charge in [0.25, 0.3) is 5.91 Å². The Morgan fingerprint density at radius 1 is 1.50 bits per heavy atom. The lowest BCUT2D eigenvalue weighted by Crippen LogP contribution is -2.38. The van der Waals surface area contributed by atoms with Crippen molar-refractivity contribution in [2.45, 2.75) is 33.7 Å². The monoisotopic (exact) mass is 226 g/mol. The number of carbonyl (C=O) groups excluding carboxylic acids is 1. The van der Waals surface area contributed by atoms with E-state index in [0.717, 1.165) is 0 Å². The third-order valence-electron chi connectivity index (χ3n) is 2.76. The van der Waals surface area contributed by atoms with Crippen LogP contribution in [0.3, 0.4) is 0 Å². The van der Waals surface area contributed by atoms with Crippen molar-refractivity contribution in [2.24, 2.45) is 5.92 Å². The van der Waals surface area contributed by atoms with Gasteiger partial charge in [0.15, 0.2) is 0 Å². The van der Waals surface area contributed by atoms with Crippen LogP contribution < -0.4 is 5.32 Å². The molecule has 0 saturated heterocycles. The molecule has 5 heteroatoms. The molecule has 0 saturated carbocycles. The highest BCUT2D eigenvalue weighted by molar-refractivity contribution is 5.96. The Balaban J connectivity index is 2.73. The largest absolute Gasteiger partial charge is 0.396 e. The Labute approximate surface area is 94.8 Å². The molecule has 1 rings (SSSR count). The summed E-state index contributed by atoms with van der Waals surface area (Å²) in [4.78, 5) is 11.9. The first-order chi connectivity index (χ1) is 7.47. The third kappa shape index (κ3) is 2.61. The van der Waals surface area contributed by atoms with E-state index in [1.807, 2.05) is 13.8 Å². The van der Waals surface area contributed by atoms with Gasteiger partial charge in [-0.3, -0.25) is 4.79 Å². The van der Waals surface area contributed by atoms with Crippen molar-refractivity contribution in [3.63, 3.8) is 0 Å². The number of aromatic nitrogens is 1. The van der Waals surface area contributed by atoms with Gasteiger partial charge in [-0.1, -0.05) is 12.1 Å². The summed E-state index contributed by atoms with van der Waals surface area (Å²) < 4.78 is 4.92. The van der Waals surface area contributed by atoms with E-state index in [2.05, 4.69) is 10.5 Å². The maximum Gasteiger partial charge on any atom is 0.257 e. The Kier molecular flexibility index (Phi) is 4.06. The van der Waals surface area contributed by atoms with E-state index in [0.29, 0.717) is 17.0 Å². The lowest BCUT2D eigenvalue weighted by Gasteiger charge is -2.18. The molecule has 1 aromatic rings. The predicted molar refractivity (Wildman–Crippen MR) is 59.2 cm³/mol. The van der Waals surface area contributed by atoms with Gasteiger partial charge in [0.2, 0.25) is 0 Å². The van der Waals surface area contributed by atoms with Gasteiger partial charge in [0, 0.05) is 12.6 Å². The Morgan fingerprint density at radius 3 is 2.56 bits per heavy atom. The highest BCUT2D eigenvalue weighted by Gasteiger charge is 2.20. The van der Waals surface area contributed by atoms with Crippen LogP contribution in [0.2, 0.25) is 0 Å². The van der Waals surface area contributed by atoms with E-state index in [1.54, 1.807) is 13.8 Å². The van der Waals surface area contributed by atoms with Gasteiger partial charge >= 0.3 is 0 Å². The summed E-state index contributed by atoms with van der Waals surface area (Å²) >= 11 is 0. The molecule has 2 atom stereocenters. The highest BCUT2D eigenvalue weighted by Crippen LogP contribution is 2.12. The van der Waals surface area contributed by atoms with Gasteiger partial charge in [-0.05, 0) is 26.7 Å². The van der Waals surface area contributed by atoms with Crippen molar-refractivity contribution in [3.05, 3.63) is 17.0 Å². The van der Waals surface area contributed by atoms with Crippen LogP contribution in [0.25, 0.3) is 0 Å². The minimum atomic E-state index is -0.205. The van der Waals surface area contributed by atoms with Crippen molar-refractivity contribution in [3.8, 4) is 0 Å². The molecule has 0 radical (unpaired) electrons. The summed E-state index contributed by atoms with van der Waals surface area (Å²) in [7, 11) is 0. The average Bonchev–Trinajstić information content (AvgIpc) is 2.57. The maximum absolute atomic E-state index is 11.9. The van der Waals surface area contributed by atoms with Crippen LogP contribution in [0.5, 0.6) is 0 Å². The smallest absolute Gasteiger partial charge is 0.257 e. The molecule has 1 amide bonds. The number of aryl methyl sites for hydroxylation is 2. The first kappa shape index (κ1) is 12.7. The molecule has 16 heavy (non-hydrogen) atoms. The SMILES string of the molecule is Cc1noc(C)c1C(=O)NC(C)C(C)CO. The fourth-order valence-electron chi connectivity index (χ4n) is 1.39. The summed E-state index contributed by atoms with van der Waals surface area (Å²) in [5.74, 6) is 0.326. The van der Waals surface area contributed by atoms with Crippen molar-refractivity contribution in [2.75, 3.05) is 6.61 Å². The van der Waals surface area contributed by atoms with Crippen LogP contribution in [0.15, 0.2) is 4.52 Å². The van der Waals surface area contributed by atoms with Crippen LogP contribution in [0, 0.1) is 19.8 Å². The molecule has 1 heterocycles. The Bertz CT molecular complexity index is 354. The van der Waals surface area contributed by atoms with Gasteiger partial charge < -0.3 is 14.9 Å². The molecule has 5 nitrogen and oxygen atoms in total. The Hall–Kier alpha value is -1.36. The second-order valence-electron chi connectivity index (χ2n) is 4.12. The number of aliphatic hydroxyl groups is 1. The molecule has 0 aliphatic rings. The van der Waals surface area contributed by atoms with Crippen molar-refractivity contribution < 1.29 is 14.4 Å². The summed E-state index contributed by atoms with van der Waals surface area (Å²) in [5.41, 5.74) is 1.07. The van der Waals surface area contributed by atoms with Crippen LogP contribution in [0.4, 0.5) is 0 Å². The zero-order valence-electron chi connectivity index (χ0n) is 10.1. The molecule has 2 unspecified atom stereocenters. The first-order valence-electron chi connectivity index (χ1n) is 5.32. The minimum absolute atomic E-state index is 0.0180. The van der Waals surface area contributed by atoms with Gasteiger partial charge in [-0.2, -0.15) is 0 Å². The van der Waals surface area contributed by atoms with Gasteiger partial charge in [-0.15, -0.1) is 0 Å². The Morgan fingerprint density at radius 2 is 2.12 bits per heavy atom. The number of amides is 1. The van der Waals surface area contributed by atoms with Gasteiger partial charge in [0.05, 0.1) is 5.69 Å². The van der Waals surface area contributed by atoms with E-state index in [-0.39, 0.29) is 24.5 Å². The number of hydrogen-bond donors (Lipinski definition) is 2. The number of carbonyl (C=O) groups is 1. The maximum atomic E-state index is 11.9. The average molecular weight is 226 g/mol. The van der Waals surface area contributed by atoms with Crippen LogP contribution in [0.1, 0.15) is 35.7 Å². The molecule has 0 fully saturated rings. The molecular weight excluding hydrogens is 208 g/mol. The number of hydrogen-bond acceptors (Lipinski definition) is 4. The topological polar surface area (TPSA) is 75.4 Å². The van der Waals surface area contributed by atoms with Crippen LogP contribution in [-0.2, 0) is 0 Å². The lowest BCUT2D eigenvalue weighted by atomic mass is 10.0. The molecule has 0 aliphatic carbocycles. The fraction of sp³-hybridized carbons (Fsp3) is 0.636. The molecular formula is C11H18N2O3. The number of nitrogens with one attached hydrogen (secondary N) is 1. The number of rotatable bonds is 4. The second kappa shape index (κ2) is 5.12. The number of aliphatic hydroxyl groups excluding tert-OH is 1. The standard InChI is InChI=1S/C11H18N2O3/c1-6(5-14)7(2)12-11(15)10-8(3)13-16-9(10)4/h6-7,14H,5H2,1-4H3,(H,12,15). The molecule has 1 aromatic heterocycles. The number of nitrogens with zero attached hydrogens (tertiary/aromatic N) is 1. The zero-order chi connectivity index (χ0) is 12.3. The summed E-state index contributed by atoms with van der Waals surface area (Å²) in [6.45, 7) is 7.21. The minimum Gasteiger partial charge on any atom is -0.396 e. The zero-order valence-corrected chi connectivity index (χ0v) is 10.1. The lowest BCUT2D eigenvalue weighted by molar-refractivity contribution is 0.0914. The molecule has 90 valence electrons. The first-order valence-corrected chi connectivity index (χ1v) is 5.32. The van der Waals surface area contributed by atoms with E-state index in [9.17, 15) is 4.79 Å². The molecule has 0 spiro atoms. The summed E-state index contributed by atoms with van der Waals surface area (Å²) in [6.07, 6.45) is 0. The van der Waals surface area contributed by atoms with E-state index < -0.39 is 0 Å². The van der Waals surface area contributed by atoms with E-state index in [4.69, 9.17) is 9.63 Å². The molecule has 0 aromatic carbocycles. The summed E-state index contributed by atoms with van der Waals surface area (Å²) in [6, 6.07) is -0.0915. The van der Waals surface area contributed by atoms with Gasteiger partial charge in [-0.25, -0.2) is 0 Å². The normalized spacial score (nSPS) is 14.6. The van der Waals surface area contributed by atoms with Crippen molar-refractivity contribution in [1.82, 2.24) is 10.5 Å². The van der Waals surface area contributed by atoms with E-state index >= 15 is 0 Å². The second-order valence-corrected chi connectivity index (χ2v) is 4.12.